The van der Waals surface area contributed by atoms with Crippen molar-refractivity contribution in [1.29, 1.82) is 0 Å². The van der Waals surface area contributed by atoms with Crippen LogP contribution in [0.15, 0.2) is 36.5 Å². The Balaban J connectivity index is 1.52. The van der Waals surface area contributed by atoms with Gasteiger partial charge < -0.3 is 14.2 Å². The Kier molecular flexibility index (Phi) is 3.83. The summed E-state index contributed by atoms with van der Waals surface area (Å²) in [6.07, 6.45) is 2.01. The van der Waals surface area contributed by atoms with Crippen molar-refractivity contribution >= 4 is 16.8 Å². The van der Waals surface area contributed by atoms with Crippen LogP contribution in [0, 0.1) is 5.92 Å². The van der Waals surface area contributed by atoms with Crippen LogP contribution in [0.3, 0.4) is 0 Å². The SMILES string of the molecule is CN1C[C@H]2COC[C@@H]1CN(C(=O)Cn1ccc3ccccc31)C2. The molecule has 5 heteroatoms. The molecule has 1 aromatic carbocycles. The van der Waals surface area contributed by atoms with Crippen molar-refractivity contribution < 1.29 is 9.53 Å². The Morgan fingerprint density at radius 2 is 2.04 bits per heavy atom. The number of carbonyl (C=O) groups excluding carboxylic acids is 1. The molecule has 5 nitrogen and oxygen atoms in total. The van der Waals surface area contributed by atoms with Crippen LogP contribution in [0.5, 0.6) is 0 Å². The van der Waals surface area contributed by atoms with Gasteiger partial charge in [0, 0.05) is 37.3 Å². The van der Waals surface area contributed by atoms with E-state index in [4.69, 9.17) is 4.74 Å². The van der Waals surface area contributed by atoms with Gasteiger partial charge in [-0.25, -0.2) is 0 Å². The number of carbonyl (C=O) groups is 1. The average molecular weight is 313 g/mol. The quantitative estimate of drug-likeness (QED) is 0.842. The van der Waals surface area contributed by atoms with Gasteiger partial charge >= 0.3 is 0 Å². The lowest BCUT2D eigenvalue weighted by Gasteiger charge is -2.30. The normalized spacial score (nSPS) is 25.5. The van der Waals surface area contributed by atoms with Crippen LogP contribution in [-0.2, 0) is 16.1 Å². The van der Waals surface area contributed by atoms with Crippen LogP contribution in [-0.4, -0.2) is 66.2 Å². The summed E-state index contributed by atoms with van der Waals surface area (Å²) in [5.41, 5.74) is 1.12. The molecular formula is C18H23N3O2. The lowest BCUT2D eigenvalue weighted by molar-refractivity contribution is -0.133. The Bertz CT molecular complexity index is 711. The summed E-state index contributed by atoms with van der Waals surface area (Å²) in [6, 6.07) is 10.6. The lowest BCUT2D eigenvalue weighted by Crippen LogP contribution is -2.45. The first kappa shape index (κ1) is 14.7. The van der Waals surface area contributed by atoms with Crippen molar-refractivity contribution in [3.63, 3.8) is 0 Å². The molecule has 122 valence electrons. The van der Waals surface area contributed by atoms with Gasteiger partial charge in [-0.1, -0.05) is 18.2 Å². The summed E-state index contributed by atoms with van der Waals surface area (Å²) in [4.78, 5) is 17.2. The molecule has 0 spiro atoms. The molecule has 0 N–H and O–H groups in total. The highest BCUT2D eigenvalue weighted by molar-refractivity contribution is 5.83. The van der Waals surface area contributed by atoms with Crippen molar-refractivity contribution in [2.75, 3.05) is 39.9 Å². The molecule has 0 aliphatic carbocycles. The zero-order valence-electron chi connectivity index (χ0n) is 13.5. The second-order valence-electron chi connectivity index (χ2n) is 6.80. The van der Waals surface area contributed by atoms with Gasteiger partial charge in [-0.15, -0.1) is 0 Å². The van der Waals surface area contributed by atoms with E-state index in [-0.39, 0.29) is 5.91 Å². The molecule has 4 rings (SSSR count). The van der Waals surface area contributed by atoms with Crippen LogP contribution in [0.4, 0.5) is 0 Å². The van der Waals surface area contributed by atoms with E-state index in [0.717, 1.165) is 38.4 Å². The highest BCUT2D eigenvalue weighted by Crippen LogP contribution is 2.20. The van der Waals surface area contributed by atoms with E-state index >= 15 is 0 Å². The number of rotatable bonds is 2. The van der Waals surface area contributed by atoms with Gasteiger partial charge in [0.05, 0.1) is 19.3 Å². The number of likely N-dealkylation sites (N-methyl/N-ethyl adjacent to an activating group) is 1. The minimum Gasteiger partial charge on any atom is -0.379 e. The third kappa shape index (κ3) is 2.86. The number of amides is 1. The molecule has 2 atom stereocenters. The van der Waals surface area contributed by atoms with Gasteiger partial charge in [0.1, 0.15) is 6.54 Å². The molecule has 2 aliphatic heterocycles. The highest BCUT2D eigenvalue weighted by Gasteiger charge is 2.33. The van der Waals surface area contributed by atoms with E-state index in [0.29, 0.717) is 18.5 Å². The van der Waals surface area contributed by atoms with E-state index < -0.39 is 0 Å². The Labute approximate surface area is 136 Å². The molecule has 1 amide bonds. The fourth-order valence-electron chi connectivity index (χ4n) is 3.78. The predicted molar refractivity (Wildman–Crippen MR) is 89.2 cm³/mol. The summed E-state index contributed by atoms with van der Waals surface area (Å²) in [5, 5.41) is 1.18. The molecule has 23 heavy (non-hydrogen) atoms. The first-order chi connectivity index (χ1) is 11.2. The molecule has 2 fully saturated rings. The zero-order chi connectivity index (χ0) is 15.8. The summed E-state index contributed by atoms with van der Waals surface area (Å²) in [7, 11) is 2.14. The molecule has 0 radical (unpaired) electrons. The standard InChI is InChI=1S/C18H23N3O2/c1-19-8-14-9-21(10-16(19)13-23-12-14)18(22)11-20-7-6-15-4-2-3-5-17(15)20/h2-7,14,16H,8-13H2,1H3/t14-,16+/m1/s1. The minimum absolute atomic E-state index is 0.207. The summed E-state index contributed by atoms with van der Waals surface area (Å²) >= 11 is 0. The maximum atomic E-state index is 12.8. The largest absolute Gasteiger partial charge is 0.379 e. The second kappa shape index (κ2) is 5.98. The molecule has 2 bridgehead atoms. The van der Waals surface area contributed by atoms with Gasteiger partial charge in [0.15, 0.2) is 0 Å². The van der Waals surface area contributed by atoms with Crippen LogP contribution in [0.1, 0.15) is 0 Å². The molecule has 0 unspecified atom stereocenters. The number of nitrogens with zero attached hydrogens (tertiary/aromatic N) is 3. The molecule has 2 saturated heterocycles. The zero-order valence-corrected chi connectivity index (χ0v) is 13.5. The summed E-state index contributed by atoms with van der Waals surface area (Å²) in [5.74, 6) is 0.622. The number of ether oxygens (including phenoxy) is 1. The molecule has 1 aromatic heterocycles. The van der Waals surface area contributed by atoms with E-state index in [2.05, 4.69) is 34.7 Å². The van der Waals surface area contributed by atoms with Gasteiger partial charge in [0.2, 0.25) is 5.91 Å². The van der Waals surface area contributed by atoms with Gasteiger partial charge in [0.25, 0.3) is 0 Å². The van der Waals surface area contributed by atoms with Gasteiger partial charge in [-0.2, -0.15) is 0 Å². The number of aromatic nitrogens is 1. The van der Waals surface area contributed by atoms with Crippen LogP contribution in [0.25, 0.3) is 10.9 Å². The number of para-hydroxylation sites is 1. The topological polar surface area (TPSA) is 37.7 Å². The van der Waals surface area contributed by atoms with E-state index in [9.17, 15) is 4.79 Å². The predicted octanol–water partition coefficient (Wildman–Crippen LogP) is 1.43. The van der Waals surface area contributed by atoms with Crippen molar-refractivity contribution in [2.45, 2.75) is 12.6 Å². The average Bonchev–Trinajstić information content (AvgIpc) is 2.74. The summed E-state index contributed by atoms with van der Waals surface area (Å²) in [6.45, 7) is 4.49. The maximum absolute atomic E-state index is 12.8. The second-order valence-corrected chi connectivity index (χ2v) is 6.80. The number of benzene rings is 1. The number of hydrogen-bond acceptors (Lipinski definition) is 3. The smallest absolute Gasteiger partial charge is 0.242 e. The maximum Gasteiger partial charge on any atom is 0.242 e. The fraction of sp³-hybridized carbons (Fsp3) is 0.500. The van der Waals surface area contributed by atoms with Gasteiger partial charge in [-0.3, -0.25) is 9.69 Å². The summed E-state index contributed by atoms with van der Waals surface area (Å²) < 4.78 is 7.79. The first-order valence-electron chi connectivity index (χ1n) is 8.30. The minimum atomic E-state index is 0.207. The number of fused-ring (bicyclic) bond motifs is 4. The fourth-order valence-corrected chi connectivity index (χ4v) is 3.78. The van der Waals surface area contributed by atoms with Crippen LogP contribution >= 0.6 is 0 Å². The molecular weight excluding hydrogens is 290 g/mol. The Morgan fingerprint density at radius 3 is 2.96 bits per heavy atom. The van der Waals surface area contributed by atoms with Crippen molar-refractivity contribution in [1.82, 2.24) is 14.4 Å². The monoisotopic (exact) mass is 313 g/mol. The van der Waals surface area contributed by atoms with Gasteiger partial charge in [-0.05, 0) is 24.6 Å². The van der Waals surface area contributed by atoms with Crippen LogP contribution in [0.2, 0.25) is 0 Å². The third-order valence-corrected chi connectivity index (χ3v) is 5.08. The third-order valence-electron chi connectivity index (χ3n) is 5.08. The molecule has 3 heterocycles. The van der Waals surface area contributed by atoms with Crippen LogP contribution < -0.4 is 0 Å². The van der Waals surface area contributed by atoms with E-state index in [1.54, 1.807) is 0 Å². The van der Waals surface area contributed by atoms with Crippen molar-refractivity contribution in [3.8, 4) is 0 Å². The van der Waals surface area contributed by atoms with E-state index in [1.807, 2.05) is 23.2 Å². The van der Waals surface area contributed by atoms with Crippen molar-refractivity contribution in [2.24, 2.45) is 5.92 Å². The van der Waals surface area contributed by atoms with E-state index in [1.165, 1.54) is 5.39 Å². The number of hydrogen-bond donors (Lipinski definition) is 0. The lowest BCUT2D eigenvalue weighted by atomic mass is 10.1. The Morgan fingerprint density at radius 1 is 1.17 bits per heavy atom. The van der Waals surface area contributed by atoms with Crippen molar-refractivity contribution in [3.05, 3.63) is 36.5 Å². The first-order valence-corrected chi connectivity index (χ1v) is 8.30. The highest BCUT2D eigenvalue weighted by atomic mass is 16.5. The molecule has 2 aliphatic rings. The Hall–Kier alpha value is -1.85. The molecule has 2 aromatic rings. The molecule has 0 saturated carbocycles.